The Morgan fingerprint density at radius 1 is 0.960 bits per heavy atom. The van der Waals surface area contributed by atoms with Crippen LogP contribution in [-0.4, -0.2) is 24.0 Å². The number of rotatable bonds is 7. The van der Waals surface area contributed by atoms with Crippen molar-refractivity contribution in [3.8, 4) is 5.75 Å². The van der Waals surface area contributed by atoms with Crippen molar-refractivity contribution < 1.29 is 4.74 Å². The maximum absolute atomic E-state index is 5.83. The minimum absolute atomic E-state index is 0.619. The zero-order valence-electron chi connectivity index (χ0n) is 14.8. The molecular weight excluding hydrogens is 326 g/mol. The van der Waals surface area contributed by atoms with Crippen molar-refractivity contribution in [3.05, 3.63) is 65.7 Å². The van der Waals surface area contributed by atoms with E-state index in [1.54, 1.807) is 0 Å². The van der Waals surface area contributed by atoms with Gasteiger partial charge in [0.15, 0.2) is 0 Å². The van der Waals surface area contributed by atoms with Gasteiger partial charge in [-0.15, -0.1) is 0 Å². The third-order valence-corrected chi connectivity index (χ3v) is 6.50. The lowest BCUT2D eigenvalue weighted by atomic mass is 10.1. The molecule has 2 aromatic rings. The maximum Gasteiger partial charge on any atom is 0.119 e. The van der Waals surface area contributed by atoms with Crippen LogP contribution in [0.3, 0.4) is 0 Å². The highest BCUT2D eigenvalue weighted by Gasteiger charge is 2.22. The van der Waals surface area contributed by atoms with Crippen molar-refractivity contribution in [2.45, 2.75) is 37.4 Å². The summed E-state index contributed by atoms with van der Waals surface area (Å²) in [4.78, 5) is 0. The van der Waals surface area contributed by atoms with E-state index in [4.69, 9.17) is 4.74 Å². The van der Waals surface area contributed by atoms with Crippen molar-refractivity contribution in [1.29, 1.82) is 0 Å². The van der Waals surface area contributed by atoms with Gasteiger partial charge in [0.25, 0.3) is 0 Å². The molecule has 1 aliphatic heterocycles. The molecule has 3 heteroatoms. The Kier molecular flexibility index (Phi) is 5.63. The average Bonchev–Trinajstić information content (AvgIpc) is 3.51. The van der Waals surface area contributed by atoms with Crippen molar-refractivity contribution in [1.82, 2.24) is 4.31 Å². The lowest BCUT2D eigenvalue weighted by molar-refractivity contribution is 0.299. The minimum Gasteiger partial charge on any atom is -0.493 e. The summed E-state index contributed by atoms with van der Waals surface area (Å²) >= 11 is 2.03. The van der Waals surface area contributed by atoms with Gasteiger partial charge < -0.3 is 4.74 Å². The molecule has 4 rings (SSSR count). The van der Waals surface area contributed by atoms with Crippen LogP contribution < -0.4 is 4.74 Å². The summed E-state index contributed by atoms with van der Waals surface area (Å²) in [5.74, 6) is 1.83. The maximum atomic E-state index is 5.83. The Bertz CT molecular complexity index is 653. The Morgan fingerprint density at radius 2 is 1.76 bits per heavy atom. The summed E-state index contributed by atoms with van der Waals surface area (Å²) in [5, 5.41) is 0.619. The molecule has 1 saturated carbocycles. The summed E-state index contributed by atoms with van der Waals surface area (Å²) in [6.07, 6.45) is 6.38. The van der Waals surface area contributed by atoms with Crippen LogP contribution in [0.25, 0.3) is 0 Å². The third-order valence-electron chi connectivity index (χ3n) is 5.08. The Morgan fingerprint density at radius 3 is 2.52 bits per heavy atom. The highest BCUT2D eigenvalue weighted by molar-refractivity contribution is 7.97. The van der Waals surface area contributed by atoms with Gasteiger partial charge in [0, 0.05) is 18.3 Å². The molecule has 0 aromatic heterocycles. The molecule has 132 valence electrons. The molecule has 1 saturated heterocycles. The smallest absolute Gasteiger partial charge is 0.119 e. The van der Waals surface area contributed by atoms with Gasteiger partial charge in [-0.3, -0.25) is 0 Å². The van der Waals surface area contributed by atoms with Crippen molar-refractivity contribution in [3.63, 3.8) is 0 Å². The predicted molar refractivity (Wildman–Crippen MR) is 106 cm³/mol. The van der Waals surface area contributed by atoms with Crippen LogP contribution >= 0.6 is 11.9 Å². The fraction of sp³-hybridized carbons (Fsp3) is 0.455. The first-order valence-corrected chi connectivity index (χ1v) is 10.4. The molecule has 0 radical (unpaired) electrons. The zero-order valence-corrected chi connectivity index (χ0v) is 15.6. The third kappa shape index (κ3) is 5.02. The van der Waals surface area contributed by atoms with E-state index >= 15 is 0 Å². The van der Waals surface area contributed by atoms with Gasteiger partial charge in [0.05, 0.1) is 6.61 Å². The minimum atomic E-state index is 0.619. The Balaban J connectivity index is 1.25. The molecule has 1 heterocycles. The molecule has 2 aromatic carbocycles. The van der Waals surface area contributed by atoms with Gasteiger partial charge in [0.1, 0.15) is 5.75 Å². The highest BCUT2D eigenvalue weighted by atomic mass is 32.2. The molecule has 0 bridgehead atoms. The first-order chi connectivity index (χ1) is 12.4. The van der Waals surface area contributed by atoms with Crippen LogP contribution in [0.5, 0.6) is 5.75 Å². The van der Waals surface area contributed by atoms with E-state index < -0.39 is 0 Å². The van der Waals surface area contributed by atoms with Crippen molar-refractivity contribution in [2.75, 3.05) is 19.7 Å². The normalized spacial score (nSPS) is 21.2. The van der Waals surface area contributed by atoms with Gasteiger partial charge in [-0.25, -0.2) is 4.31 Å². The molecule has 2 fully saturated rings. The van der Waals surface area contributed by atoms with Crippen LogP contribution in [0, 0.1) is 5.92 Å². The SMILES string of the molecule is c1ccc(C2CCCN(CCc3ccc(OCC4CC4)cc3)S2)cc1. The number of hydrogen-bond donors (Lipinski definition) is 0. The van der Waals surface area contributed by atoms with E-state index in [1.165, 1.54) is 43.4 Å². The number of nitrogens with zero attached hydrogens (tertiary/aromatic N) is 1. The number of ether oxygens (including phenoxy) is 1. The summed E-state index contributed by atoms with van der Waals surface area (Å²) in [6, 6.07) is 19.7. The average molecular weight is 354 g/mol. The van der Waals surface area contributed by atoms with Gasteiger partial charge in [-0.05, 0) is 61.3 Å². The summed E-state index contributed by atoms with van der Waals surface area (Å²) in [5.41, 5.74) is 2.87. The molecular formula is C22H27NOS. The second-order valence-corrected chi connectivity index (χ2v) is 8.52. The van der Waals surface area contributed by atoms with Crippen molar-refractivity contribution >= 4 is 11.9 Å². The molecule has 0 spiro atoms. The van der Waals surface area contributed by atoms with Crippen LogP contribution in [0.15, 0.2) is 54.6 Å². The van der Waals surface area contributed by atoms with E-state index in [2.05, 4.69) is 58.9 Å². The molecule has 2 nitrogen and oxygen atoms in total. The summed E-state index contributed by atoms with van der Waals surface area (Å²) < 4.78 is 8.38. The number of benzene rings is 2. The lowest BCUT2D eigenvalue weighted by Crippen LogP contribution is -2.25. The van der Waals surface area contributed by atoms with Gasteiger partial charge >= 0.3 is 0 Å². The standard InChI is InChI=1S/C22H27NOS/c1-2-5-20(6-3-1)22-7-4-15-23(25-22)16-14-18-10-12-21(13-11-18)24-17-19-8-9-19/h1-3,5-6,10-13,19,22H,4,7-9,14-17H2. The zero-order chi connectivity index (χ0) is 16.9. The monoisotopic (exact) mass is 353 g/mol. The van der Waals surface area contributed by atoms with E-state index in [0.29, 0.717) is 5.25 Å². The van der Waals surface area contributed by atoms with E-state index in [-0.39, 0.29) is 0 Å². The molecule has 2 aliphatic rings. The van der Waals surface area contributed by atoms with Gasteiger partial charge in [-0.1, -0.05) is 54.4 Å². The van der Waals surface area contributed by atoms with Crippen LogP contribution in [0.4, 0.5) is 0 Å². The van der Waals surface area contributed by atoms with Crippen LogP contribution in [-0.2, 0) is 6.42 Å². The van der Waals surface area contributed by atoms with E-state index in [9.17, 15) is 0 Å². The molecule has 25 heavy (non-hydrogen) atoms. The largest absolute Gasteiger partial charge is 0.493 e. The first kappa shape index (κ1) is 17.0. The molecule has 1 atom stereocenters. The second kappa shape index (κ2) is 8.29. The van der Waals surface area contributed by atoms with Gasteiger partial charge in [-0.2, -0.15) is 0 Å². The Labute approximate surface area is 155 Å². The fourth-order valence-corrected chi connectivity index (χ4v) is 4.64. The first-order valence-electron chi connectivity index (χ1n) is 9.55. The van der Waals surface area contributed by atoms with Crippen LogP contribution in [0.2, 0.25) is 0 Å². The molecule has 0 amide bonds. The summed E-state index contributed by atoms with van der Waals surface area (Å²) in [6.45, 7) is 3.22. The van der Waals surface area contributed by atoms with E-state index in [1.807, 2.05) is 11.9 Å². The second-order valence-electron chi connectivity index (χ2n) is 7.22. The number of hydrogen-bond acceptors (Lipinski definition) is 3. The molecule has 1 aliphatic carbocycles. The quantitative estimate of drug-likeness (QED) is 0.610. The fourth-order valence-electron chi connectivity index (χ4n) is 3.30. The Hall–Kier alpha value is -1.45. The highest BCUT2D eigenvalue weighted by Crippen LogP contribution is 2.39. The van der Waals surface area contributed by atoms with Crippen LogP contribution in [0.1, 0.15) is 42.1 Å². The van der Waals surface area contributed by atoms with Gasteiger partial charge in [0.2, 0.25) is 0 Å². The predicted octanol–water partition coefficient (Wildman–Crippen LogP) is 5.50. The van der Waals surface area contributed by atoms with E-state index in [0.717, 1.165) is 31.2 Å². The molecule has 1 unspecified atom stereocenters. The topological polar surface area (TPSA) is 12.5 Å². The molecule has 0 N–H and O–H groups in total. The summed E-state index contributed by atoms with van der Waals surface area (Å²) in [7, 11) is 0. The van der Waals surface area contributed by atoms with Crippen molar-refractivity contribution in [2.24, 2.45) is 5.92 Å². The lowest BCUT2D eigenvalue weighted by Gasteiger charge is -2.31.